The molecule has 3 aromatic rings. The van der Waals surface area contributed by atoms with Gasteiger partial charge in [0.25, 0.3) is 0 Å². The number of methoxy groups -OCH3 is 1. The van der Waals surface area contributed by atoms with Crippen molar-refractivity contribution in [2.24, 2.45) is 5.41 Å². The fraction of sp³-hybridized carbons (Fsp3) is 0.375. The number of amides is 1. The second kappa shape index (κ2) is 7.69. The van der Waals surface area contributed by atoms with Gasteiger partial charge in [-0.15, -0.1) is 0 Å². The highest BCUT2D eigenvalue weighted by Gasteiger charge is 2.42. The molecule has 2 aliphatic rings. The van der Waals surface area contributed by atoms with E-state index in [0.29, 0.717) is 17.0 Å². The summed E-state index contributed by atoms with van der Waals surface area (Å²) < 4.78 is 11.1. The Balaban J connectivity index is 1.42. The summed E-state index contributed by atoms with van der Waals surface area (Å²) >= 11 is 0. The van der Waals surface area contributed by atoms with Crippen molar-refractivity contribution in [2.45, 2.75) is 19.3 Å². The van der Waals surface area contributed by atoms with Gasteiger partial charge in [-0.1, -0.05) is 30.3 Å². The van der Waals surface area contributed by atoms with Crippen LogP contribution < -0.4 is 4.74 Å². The molecule has 30 heavy (non-hydrogen) atoms. The fourth-order valence-corrected chi connectivity index (χ4v) is 4.60. The minimum atomic E-state index is 0.102. The van der Waals surface area contributed by atoms with Gasteiger partial charge in [-0.2, -0.15) is 0 Å². The van der Waals surface area contributed by atoms with Gasteiger partial charge in [-0.05, 0) is 30.5 Å². The number of nitrogens with zero attached hydrogens (tertiary/aromatic N) is 3. The van der Waals surface area contributed by atoms with E-state index in [1.165, 1.54) is 0 Å². The first-order valence-electron chi connectivity index (χ1n) is 10.4. The van der Waals surface area contributed by atoms with E-state index in [1.807, 2.05) is 35.2 Å². The Morgan fingerprint density at radius 3 is 2.80 bits per heavy atom. The number of benzene rings is 2. The zero-order valence-corrected chi connectivity index (χ0v) is 17.1. The predicted molar refractivity (Wildman–Crippen MR) is 114 cm³/mol. The number of ether oxygens (including phenoxy) is 2. The van der Waals surface area contributed by atoms with Gasteiger partial charge in [-0.3, -0.25) is 9.78 Å². The Morgan fingerprint density at radius 2 is 2.03 bits per heavy atom. The number of rotatable bonds is 4. The van der Waals surface area contributed by atoms with Crippen molar-refractivity contribution >= 4 is 16.9 Å². The van der Waals surface area contributed by atoms with Crippen LogP contribution in [0.5, 0.6) is 5.75 Å². The fourth-order valence-electron chi connectivity index (χ4n) is 4.60. The summed E-state index contributed by atoms with van der Waals surface area (Å²) in [6.07, 6.45) is 4.04. The molecule has 6 heteroatoms. The van der Waals surface area contributed by atoms with E-state index in [-0.39, 0.29) is 17.7 Å². The monoisotopic (exact) mass is 403 g/mol. The first kappa shape index (κ1) is 19.0. The van der Waals surface area contributed by atoms with Crippen LogP contribution in [0.2, 0.25) is 0 Å². The summed E-state index contributed by atoms with van der Waals surface area (Å²) in [5.41, 5.74) is 4.37. The second-order valence-electron chi connectivity index (χ2n) is 8.28. The number of hydrogen-bond acceptors (Lipinski definition) is 5. The number of hydrogen-bond donors (Lipinski definition) is 0. The Hall–Kier alpha value is -2.99. The largest absolute Gasteiger partial charge is 0.494 e. The van der Waals surface area contributed by atoms with E-state index in [4.69, 9.17) is 14.5 Å². The van der Waals surface area contributed by atoms with Crippen LogP contribution in [0.15, 0.2) is 48.7 Å². The van der Waals surface area contributed by atoms with Crippen molar-refractivity contribution in [1.29, 1.82) is 0 Å². The van der Waals surface area contributed by atoms with E-state index in [1.54, 1.807) is 13.3 Å². The third-order valence-electron chi connectivity index (χ3n) is 6.33. The number of carbonyl (C=O) groups is 1. The third-order valence-corrected chi connectivity index (χ3v) is 6.33. The van der Waals surface area contributed by atoms with Crippen LogP contribution in [0.25, 0.3) is 22.2 Å². The summed E-state index contributed by atoms with van der Waals surface area (Å²) in [7, 11) is 1.63. The van der Waals surface area contributed by atoms with Gasteiger partial charge in [0.15, 0.2) is 0 Å². The highest BCUT2D eigenvalue weighted by molar-refractivity contribution is 5.95. The van der Waals surface area contributed by atoms with E-state index in [2.05, 4.69) is 17.1 Å². The molecular formula is C24H25N3O3. The lowest BCUT2D eigenvalue weighted by atomic mass is 9.87. The van der Waals surface area contributed by atoms with Gasteiger partial charge >= 0.3 is 0 Å². The number of aromatic nitrogens is 2. The van der Waals surface area contributed by atoms with Crippen molar-refractivity contribution in [2.75, 3.05) is 33.4 Å². The molecule has 1 spiro atoms. The van der Waals surface area contributed by atoms with E-state index < -0.39 is 0 Å². The molecule has 1 aromatic heterocycles. The molecule has 1 atom stereocenters. The Bertz CT molecular complexity index is 1080. The van der Waals surface area contributed by atoms with Crippen LogP contribution in [0.3, 0.4) is 0 Å². The molecular weight excluding hydrogens is 378 g/mol. The van der Waals surface area contributed by atoms with Crippen LogP contribution in [0, 0.1) is 5.41 Å². The first-order valence-corrected chi connectivity index (χ1v) is 10.4. The van der Waals surface area contributed by atoms with Crippen molar-refractivity contribution in [3.05, 3.63) is 54.4 Å². The van der Waals surface area contributed by atoms with Crippen LogP contribution >= 0.6 is 0 Å². The lowest BCUT2D eigenvalue weighted by Gasteiger charge is -2.22. The van der Waals surface area contributed by atoms with Gasteiger partial charge < -0.3 is 14.4 Å². The number of carbonyl (C=O) groups excluding carboxylic acids is 1. The molecule has 0 N–H and O–H groups in total. The maximum absolute atomic E-state index is 12.9. The Kier molecular flexibility index (Phi) is 4.87. The molecule has 3 heterocycles. The van der Waals surface area contributed by atoms with Gasteiger partial charge in [-0.25, -0.2) is 4.98 Å². The molecule has 154 valence electrons. The predicted octanol–water partition coefficient (Wildman–Crippen LogP) is 3.49. The SMILES string of the molecule is COc1ccc(-c2ccccc2)c2ncc(CC(=O)N3CCC4(CCOC4)C3)nc12. The maximum atomic E-state index is 12.9. The average molecular weight is 403 g/mol. The lowest BCUT2D eigenvalue weighted by Crippen LogP contribution is -2.33. The molecule has 2 saturated heterocycles. The number of fused-ring (bicyclic) bond motifs is 1. The molecule has 0 saturated carbocycles. The summed E-state index contributed by atoms with van der Waals surface area (Å²) in [5.74, 6) is 0.764. The maximum Gasteiger partial charge on any atom is 0.228 e. The van der Waals surface area contributed by atoms with E-state index in [0.717, 1.165) is 55.8 Å². The molecule has 2 aromatic carbocycles. The average Bonchev–Trinajstić information content (AvgIpc) is 3.43. The van der Waals surface area contributed by atoms with E-state index >= 15 is 0 Å². The van der Waals surface area contributed by atoms with Crippen LogP contribution in [-0.2, 0) is 16.0 Å². The molecule has 1 amide bonds. The van der Waals surface area contributed by atoms with Crippen LogP contribution in [0.1, 0.15) is 18.5 Å². The molecule has 5 rings (SSSR count). The molecule has 2 fully saturated rings. The summed E-state index contributed by atoms with van der Waals surface area (Å²) in [4.78, 5) is 24.3. The highest BCUT2D eigenvalue weighted by atomic mass is 16.5. The smallest absolute Gasteiger partial charge is 0.228 e. The Labute approximate surface area is 175 Å². The molecule has 0 bridgehead atoms. The molecule has 2 aliphatic heterocycles. The van der Waals surface area contributed by atoms with Gasteiger partial charge in [0.2, 0.25) is 5.91 Å². The molecule has 0 radical (unpaired) electrons. The Morgan fingerprint density at radius 1 is 1.17 bits per heavy atom. The van der Waals surface area contributed by atoms with Crippen molar-refractivity contribution in [1.82, 2.24) is 14.9 Å². The zero-order valence-electron chi connectivity index (χ0n) is 17.1. The molecule has 6 nitrogen and oxygen atoms in total. The minimum absolute atomic E-state index is 0.102. The van der Waals surface area contributed by atoms with Crippen molar-refractivity contribution in [3.8, 4) is 16.9 Å². The summed E-state index contributed by atoms with van der Waals surface area (Å²) in [5, 5.41) is 0. The van der Waals surface area contributed by atoms with Crippen LogP contribution in [0.4, 0.5) is 0 Å². The van der Waals surface area contributed by atoms with E-state index in [9.17, 15) is 4.79 Å². The quantitative estimate of drug-likeness (QED) is 0.667. The van der Waals surface area contributed by atoms with Gasteiger partial charge in [0.1, 0.15) is 16.8 Å². The lowest BCUT2D eigenvalue weighted by molar-refractivity contribution is -0.129. The van der Waals surface area contributed by atoms with Crippen molar-refractivity contribution < 1.29 is 14.3 Å². The van der Waals surface area contributed by atoms with Crippen LogP contribution in [-0.4, -0.2) is 54.2 Å². The topological polar surface area (TPSA) is 64.5 Å². The highest BCUT2D eigenvalue weighted by Crippen LogP contribution is 2.38. The summed E-state index contributed by atoms with van der Waals surface area (Å²) in [6, 6.07) is 14.0. The van der Waals surface area contributed by atoms with Gasteiger partial charge in [0.05, 0.1) is 25.8 Å². The minimum Gasteiger partial charge on any atom is -0.494 e. The first-order chi connectivity index (χ1) is 14.7. The summed E-state index contributed by atoms with van der Waals surface area (Å²) in [6.45, 7) is 3.16. The van der Waals surface area contributed by atoms with Gasteiger partial charge in [0, 0.05) is 36.9 Å². The molecule has 0 aliphatic carbocycles. The third kappa shape index (κ3) is 3.41. The normalized spacial score (nSPS) is 20.9. The number of likely N-dealkylation sites (tertiary alicyclic amines) is 1. The molecule has 1 unspecified atom stereocenters. The van der Waals surface area contributed by atoms with Crippen molar-refractivity contribution in [3.63, 3.8) is 0 Å². The second-order valence-corrected chi connectivity index (χ2v) is 8.28. The zero-order chi connectivity index (χ0) is 20.6. The standard InChI is InChI=1S/C24H25N3O3/c1-29-20-8-7-19(17-5-3-2-4-6-17)22-23(20)26-18(14-25-22)13-21(28)27-11-9-24(15-27)10-12-30-16-24/h2-8,14H,9-13,15-16H2,1H3.